The molecule has 21 heavy (non-hydrogen) atoms. The Kier molecular flexibility index (Phi) is 4.40. The maximum Gasteiger partial charge on any atom is 0.262 e. The van der Waals surface area contributed by atoms with Crippen LogP contribution in [0.15, 0.2) is 29.3 Å². The zero-order valence-corrected chi connectivity index (χ0v) is 12.6. The number of H-pyrrole nitrogens is 1. The van der Waals surface area contributed by atoms with Crippen LogP contribution in [0.5, 0.6) is 0 Å². The summed E-state index contributed by atoms with van der Waals surface area (Å²) in [4.78, 5) is 0. The van der Waals surface area contributed by atoms with Gasteiger partial charge in [-0.2, -0.15) is 9.40 Å². The van der Waals surface area contributed by atoms with Crippen LogP contribution in [-0.4, -0.2) is 30.0 Å². The summed E-state index contributed by atoms with van der Waals surface area (Å²) in [5.41, 5.74) is 7.37. The van der Waals surface area contributed by atoms with Crippen LogP contribution in [0.25, 0.3) is 0 Å². The molecule has 0 unspecified atom stereocenters. The molecular formula is C13H17FN4O2S. The van der Waals surface area contributed by atoms with Gasteiger partial charge in [-0.05, 0) is 24.6 Å². The Morgan fingerprint density at radius 2 is 1.95 bits per heavy atom. The zero-order chi connectivity index (χ0) is 15.6. The van der Waals surface area contributed by atoms with E-state index in [1.54, 1.807) is 19.1 Å². The van der Waals surface area contributed by atoms with Gasteiger partial charge in [0.25, 0.3) is 10.0 Å². The lowest BCUT2D eigenvalue weighted by Gasteiger charge is -2.16. The van der Waals surface area contributed by atoms with Crippen LogP contribution >= 0.6 is 0 Å². The van der Waals surface area contributed by atoms with Crippen molar-refractivity contribution < 1.29 is 12.8 Å². The van der Waals surface area contributed by atoms with Crippen LogP contribution in [0, 0.1) is 12.7 Å². The Labute approximate surface area is 122 Å². The van der Waals surface area contributed by atoms with E-state index in [4.69, 9.17) is 5.73 Å². The lowest BCUT2D eigenvalue weighted by Crippen LogP contribution is -2.28. The Bertz CT molecular complexity index is 725. The predicted octanol–water partition coefficient (Wildman–Crippen LogP) is 1.14. The number of sulfonamides is 1. The van der Waals surface area contributed by atoms with Crippen molar-refractivity contribution in [2.75, 3.05) is 7.05 Å². The van der Waals surface area contributed by atoms with Gasteiger partial charge in [-0.15, -0.1) is 0 Å². The molecule has 1 aromatic carbocycles. The molecule has 0 fully saturated rings. The quantitative estimate of drug-likeness (QED) is 0.866. The van der Waals surface area contributed by atoms with E-state index in [0.29, 0.717) is 16.8 Å². The molecule has 3 N–H and O–H groups in total. The van der Waals surface area contributed by atoms with Crippen molar-refractivity contribution in [2.45, 2.75) is 25.0 Å². The number of halogens is 1. The van der Waals surface area contributed by atoms with Gasteiger partial charge < -0.3 is 5.73 Å². The van der Waals surface area contributed by atoms with Crippen molar-refractivity contribution in [3.8, 4) is 0 Å². The van der Waals surface area contributed by atoms with E-state index in [0.717, 1.165) is 4.31 Å². The highest BCUT2D eigenvalue weighted by atomic mass is 32.2. The molecule has 2 rings (SSSR count). The molecule has 0 amide bonds. The van der Waals surface area contributed by atoms with Gasteiger partial charge in [0.15, 0.2) is 5.03 Å². The minimum atomic E-state index is -3.75. The normalized spacial score (nSPS) is 12.0. The predicted molar refractivity (Wildman–Crippen MR) is 76.3 cm³/mol. The second-order valence-corrected chi connectivity index (χ2v) is 6.68. The van der Waals surface area contributed by atoms with Gasteiger partial charge in [0, 0.05) is 31.4 Å². The molecule has 6 nitrogen and oxygen atoms in total. The van der Waals surface area contributed by atoms with E-state index in [-0.39, 0.29) is 23.9 Å². The summed E-state index contributed by atoms with van der Waals surface area (Å²) in [5, 5.41) is 6.41. The molecule has 0 atom stereocenters. The number of rotatable bonds is 5. The highest BCUT2D eigenvalue weighted by Gasteiger charge is 2.27. The topological polar surface area (TPSA) is 92.1 Å². The Hall–Kier alpha value is -1.77. The molecule has 0 aliphatic rings. The van der Waals surface area contributed by atoms with Crippen LogP contribution in [0.2, 0.25) is 0 Å². The zero-order valence-electron chi connectivity index (χ0n) is 11.8. The van der Waals surface area contributed by atoms with Crippen LogP contribution in [0.4, 0.5) is 4.39 Å². The number of nitrogens with one attached hydrogen (secondary N) is 1. The van der Waals surface area contributed by atoms with E-state index < -0.39 is 10.0 Å². The summed E-state index contributed by atoms with van der Waals surface area (Å²) >= 11 is 0. The number of aryl methyl sites for hydroxylation is 1. The first kappa shape index (κ1) is 15.6. The fraction of sp³-hybridized carbons (Fsp3) is 0.308. The van der Waals surface area contributed by atoms with Gasteiger partial charge >= 0.3 is 0 Å². The molecular weight excluding hydrogens is 295 g/mol. The van der Waals surface area contributed by atoms with Crippen LogP contribution in [0.3, 0.4) is 0 Å². The lowest BCUT2D eigenvalue weighted by molar-refractivity contribution is 0.462. The Morgan fingerprint density at radius 3 is 2.52 bits per heavy atom. The number of aromatic nitrogens is 2. The van der Waals surface area contributed by atoms with Crippen LogP contribution in [-0.2, 0) is 23.1 Å². The molecule has 114 valence electrons. The van der Waals surface area contributed by atoms with Crippen LogP contribution in [0.1, 0.15) is 16.8 Å². The standard InChI is InChI=1S/C13H17FN4O2S/c1-9-12(7-15)13(17-16-9)21(19,20)18(2)8-10-3-5-11(14)6-4-10/h3-6H,7-8,15H2,1-2H3,(H,16,17). The Balaban J connectivity index is 2.28. The Morgan fingerprint density at radius 1 is 1.33 bits per heavy atom. The molecule has 0 saturated heterocycles. The molecule has 1 heterocycles. The summed E-state index contributed by atoms with van der Waals surface area (Å²) in [5.74, 6) is -0.363. The van der Waals surface area contributed by atoms with Gasteiger partial charge in [0.2, 0.25) is 0 Å². The first-order chi connectivity index (χ1) is 9.86. The molecule has 0 radical (unpaired) electrons. The van der Waals surface area contributed by atoms with Gasteiger partial charge in [-0.3, -0.25) is 5.10 Å². The molecule has 0 bridgehead atoms. The third-order valence-corrected chi connectivity index (χ3v) is 4.99. The van der Waals surface area contributed by atoms with Crippen molar-refractivity contribution in [1.82, 2.24) is 14.5 Å². The van der Waals surface area contributed by atoms with E-state index >= 15 is 0 Å². The molecule has 2 aromatic rings. The minimum absolute atomic E-state index is 0.0629. The maximum atomic E-state index is 12.9. The number of hydrogen-bond acceptors (Lipinski definition) is 4. The molecule has 0 aliphatic carbocycles. The van der Waals surface area contributed by atoms with Crippen molar-refractivity contribution >= 4 is 10.0 Å². The number of benzene rings is 1. The fourth-order valence-corrected chi connectivity index (χ4v) is 3.29. The van der Waals surface area contributed by atoms with Crippen molar-refractivity contribution in [3.05, 3.63) is 46.9 Å². The molecule has 1 aromatic heterocycles. The monoisotopic (exact) mass is 312 g/mol. The van der Waals surface area contributed by atoms with Crippen LogP contribution < -0.4 is 5.73 Å². The van der Waals surface area contributed by atoms with Crippen molar-refractivity contribution in [2.24, 2.45) is 5.73 Å². The van der Waals surface area contributed by atoms with E-state index in [1.165, 1.54) is 19.2 Å². The SMILES string of the molecule is Cc1[nH]nc(S(=O)(=O)N(C)Cc2ccc(F)cc2)c1CN. The highest BCUT2D eigenvalue weighted by Crippen LogP contribution is 2.20. The van der Waals surface area contributed by atoms with Gasteiger partial charge in [-0.1, -0.05) is 12.1 Å². The summed E-state index contributed by atoms with van der Waals surface area (Å²) in [7, 11) is -2.30. The molecule has 0 spiro atoms. The number of aromatic amines is 1. The molecule has 0 saturated carbocycles. The fourth-order valence-electron chi connectivity index (χ4n) is 1.96. The summed E-state index contributed by atoms with van der Waals surface area (Å²) in [6, 6.07) is 5.67. The van der Waals surface area contributed by atoms with Crippen molar-refractivity contribution in [1.29, 1.82) is 0 Å². The third kappa shape index (κ3) is 3.12. The van der Waals surface area contributed by atoms with Crippen molar-refractivity contribution in [3.63, 3.8) is 0 Å². The first-order valence-corrected chi connectivity index (χ1v) is 7.75. The lowest BCUT2D eigenvalue weighted by atomic mass is 10.2. The van der Waals surface area contributed by atoms with Gasteiger partial charge in [0.1, 0.15) is 5.82 Å². The van der Waals surface area contributed by atoms with E-state index in [9.17, 15) is 12.8 Å². The summed E-state index contributed by atoms with van der Waals surface area (Å²) < 4.78 is 39.0. The summed E-state index contributed by atoms with van der Waals surface area (Å²) in [6.07, 6.45) is 0. The number of nitrogens with zero attached hydrogens (tertiary/aromatic N) is 2. The number of hydrogen-bond donors (Lipinski definition) is 2. The minimum Gasteiger partial charge on any atom is -0.326 e. The summed E-state index contributed by atoms with van der Waals surface area (Å²) in [6.45, 7) is 1.92. The maximum absolute atomic E-state index is 12.9. The highest BCUT2D eigenvalue weighted by molar-refractivity contribution is 7.89. The number of nitrogens with two attached hydrogens (primary N) is 1. The largest absolute Gasteiger partial charge is 0.326 e. The molecule has 0 aliphatic heterocycles. The average molecular weight is 312 g/mol. The van der Waals surface area contributed by atoms with E-state index in [2.05, 4.69) is 10.2 Å². The molecule has 8 heteroatoms. The smallest absolute Gasteiger partial charge is 0.262 e. The average Bonchev–Trinajstić information content (AvgIpc) is 2.82. The first-order valence-electron chi connectivity index (χ1n) is 6.31. The third-order valence-electron chi connectivity index (χ3n) is 3.21. The second-order valence-electron chi connectivity index (χ2n) is 4.72. The second kappa shape index (κ2) is 5.92. The van der Waals surface area contributed by atoms with Gasteiger partial charge in [-0.25, -0.2) is 12.8 Å². The van der Waals surface area contributed by atoms with E-state index in [1.807, 2.05) is 0 Å². The van der Waals surface area contributed by atoms with Gasteiger partial charge in [0.05, 0.1) is 0 Å².